The number of nitrogens with zero attached hydrogens (tertiary/aromatic N) is 1. The lowest BCUT2D eigenvalue weighted by molar-refractivity contribution is -0.141. The summed E-state index contributed by atoms with van der Waals surface area (Å²) in [6, 6.07) is 14.6. The Morgan fingerprint density at radius 3 is 2.81 bits per heavy atom. The van der Waals surface area contributed by atoms with Crippen LogP contribution in [0.3, 0.4) is 0 Å². The van der Waals surface area contributed by atoms with Gasteiger partial charge in [0.2, 0.25) is 0 Å². The normalized spacial score (nSPS) is 18.3. The van der Waals surface area contributed by atoms with Crippen LogP contribution in [0.2, 0.25) is 0 Å². The number of carboxylic acids is 1. The molecule has 2 unspecified atom stereocenters. The Morgan fingerprint density at radius 1 is 1.30 bits per heavy atom. The summed E-state index contributed by atoms with van der Waals surface area (Å²) in [6.07, 6.45) is 1.72. The first kappa shape index (κ1) is 19.4. The molecule has 4 nitrogen and oxygen atoms in total. The molecule has 144 valence electrons. The molecule has 1 aliphatic heterocycles. The third kappa shape index (κ3) is 4.89. The van der Waals surface area contributed by atoms with Crippen molar-refractivity contribution in [2.75, 3.05) is 6.54 Å². The van der Waals surface area contributed by atoms with Crippen LogP contribution >= 0.6 is 0 Å². The highest BCUT2D eigenvalue weighted by molar-refractivity contribution is 5.69. The summed E-state index contributed by atoms with van der Waals surface area (Å²) in [6.45, 7) is 8.64. The third-order valence-corrected chi connectivity index (χ3v) is 5.35. The summed E-state index contributed by atoms with van der Waals surface area (Å²) < 4.78 is 6.20. The van der Waals surface area contributed by atoms with Crippen LogP contribution in [0.5, 0.6) is 5.75 Å². The molecule has 3 rings (SSSR count). The first-order valence-corrected chi connectivity index (χ1v) is 9.74. The lowest BCUT2D eigenvalue weighted by Gasteiger charge is -2.24. The number of ether oxygens (including phenoxy) is 1. The van der Waals surface area contributed by atoms with E-state index in [0.717, 1.165) is 37.4 Å². The molecule has 0 aliphatic carbocycles. The Labute approximate surface area is 161 Å². The summed E-state index contributed by atoms with van der Waals surface area (Å²) in [5.74, 6) is -0.125. The van der Waals surface area contributed by atoms with Crippen LogP contribution in [0, 0.1) is 12.8 Å². The Morgan fingerprint density at radius 2 is 2.07 bits per heavy atom. The Bertz CT molecular complexity index is 802. The predicted octanol–water partition coefficient (Wildman–Crippen LogP) is 4.43. The maximum Gasteiger partial charge on any atom is 0.306 e. The lowest BCUT2D eigenvalue weighted by atomic mass is 9.97. The van der Waals surface area contributed by atoms with Gasteiger partial charge < -0.3 is 9.84 Å². The number of benzene rings is 2. The van der Waals surface area contributed by atoms with Gasteiger partial charge in [0.25, 0.3) is 0 Å². The maximum absolute atomic E-state index is 11.2. The fraction of sp³-hybridized carbons (Fsp3) is 0.435. The van der Waals surface area contributed by atoms with Gasteiger partial charge in [0.05, 0.1) is 5.92 Å². The SMILES string of the molecule is CCC1CN(Cc2cc(CC(C)C(=O)O)ccc2C)Cc2ccccc2O1. The van der Waals surface area contributed by atoms with E-state index in [2.05, 4.69) is 49.1 Å². The van der Waals surface area contributed by atoms with Gasteiger partial charge in [-0.05, 0) is 42.5 Å². The average Bonchev–Trinajstić information content (AvgIpc) is 2.82. The van der Waals surface area contributed by atoms with E-state index < -0.39 is 5.97 Å². The van der Waals surface area contributed by atoms with Crippen LogP contribution < -0.4 is 4.74 Å². The van der Waals surface area contributed by atoms with E-state index >= 15 is 0 Å². The maximum atomic E-state index is 11.2. The van der Waals surface area contributed by atoms with Crippen LogP contribution in [0.1, 0.15) is 42.5 Å². The standard InChI is InChI=1S/C23H29NO3/c1-4-21-15-24(13-19-7-5-6-8-22(19)27-21)14-20-12-18(10-9-16(20)2)11-17(3)23(25)26/h5-10,12,17,21H,4,11,13-15H2,1-3H3,(H,25,26). The molecule has 0 spiro atoms. The molecule has 27 heavy (non-hydrogen) atoms. The smallest absolute Gasteiger partial charge is 0.306 e. The summed E-state index contributed by atoms with van der Waals surface area (Å²) in [4.78, 5) is 13.6. The van der Waals surface area contributed by atoms with E-state index in [-0.39, 0.29) is 12.0 Å². The topological polar surface area (TPSA) is 49.8 Å². The highest BCUT2D eigenvalue weighted by Crippen LogP contribution is 2.27. The van der Waals surface area contributed by atoms with Gasteiger partial charge in [0, 0.05) is 25.2 Å². The van der Waals surface area contributed by atoms with Gasteiger partial charge in [-0.2, -0.15) is 0 Å². The first-order chi connectivity index (χ1) is 13.0. The molecule has 2 atom stereocenters. The number of rotatable bonds is 6. The van der Waals surface area contributed by atoms with E-state index in [4.69, 9.17) is 4.74 Å². The number of carbonyl (C=O) groups is 1. The van der Waals surface area contributed by atoms with Gasteiger partial charge >= 0.3 is 5.97 Å². The van der Waals surface area contributed by atoms with E-state index in [1.165, 1.54) is 16.7 Å². The van der Waals surface area contributed by atoms with Crippen LogP contribution in [0.25, 0.3) is 0 Å². The van der Waals surface area contributed by atoms with Crippen molar-refractivity contribution in [3.8, 4) is 5.75 Å². The molecule has 0 amide bonds. The summed E-state index contributed by atoms with van der Waals surface area (Å²) in [5, 5.41) is 9.19. The van der Waals surface area contributed by atoms with Crippen LogP contribution in [0.4, 0.5) is 0 Å². The lowest BCUT2D eigenvalue weighted by Crippen LogP contribution is -2.32. The molecule has 1 heterocycles. The molecule has 0 fully saturated rings. The monoisotopic (exact) mass is 367 g/mol. The molecule has 0 saturated heterocycles. The molecule has 2 aromatic rings. The summed E-state index contributed by atoms with van der Waals surface area (Å²) >= 11 is 0. The van der Waals surface area contributed by atoms with Crippen LogP contribution in [-0.4, -0.2) is 28.6 Å². The van der Waals surface area contributed by atoms with E-state index in [1.54, 1.807) is 6.92 Å². The molecular weight excluding hydrogens is 338 g/mol. The highest BCUT2D eigenvalue weighted by Gasteiger charge is 2.22. The zero-order valence-electron chi connectivity index (χ0n) is 16.4. The highest BCUT2D eigenvalue weighted by atomic mass is 16.5. The quantitative estimate of drug-likeness (QED) is 0.820. The minimum absolute atomic E-state index is 0.184. The molecule has 1 N–H and O–H groups in total. The number of fused-ring (bicyclic) bond motifs is 1. The molecule has 0 bridgehead atoms. The van der Waals surface area contributed by atoms with Gasteiger partial charge in [-0.25, -0.2) is 0 Å². The fourth-order valence-corrected chi connectivity index (χ4v) is 3.60. The summed E-state index contributed by atoms with van der Waals surface area (Å²) in [5.41, 5.74) is 4.82. The first-order valence-electron chi connectivity index (χ1n) is 9.74. The summed E-state index contributed by atoms with van der Waals surface area (Å²) in [7, 11) is 0. The number of aryl methyl sites for hydroxylation is 1. The number of carboxylic acid groups (broad SMARTS) is 1. The van der Waals surface area contributed by atoms with Crippen molar-refractivity contribution >= 4 is 5.97 Å². The van der Waals surface area contributed by atoms with Crippen molar-refractivity contribution in [1.29, 1.82) is 0 Å². The Kier molecular flexibility index (Phi) is 6.17. The second kappa shape index (κ2) is 8.57. The van der Waals surface area contributed by atoms with E-state index in [0.29, 0.717) is 6.42 Å². The molecule has 1 aliphatic rings. The largest absolute Gasteiger partial charge is 0.489 e. The Hall–Kier alpha value is -2.33. The zero-order valence-corrected chi connectivity index (χ0v) is 16.4. The van der Waals surface area contributed by atoms with Crippen molar-refractivity contribution in [3.63, 3.8) is 0 Å². The number of hydrogen-bond acceptors (Lipinski definition) is 3. The van der Waals surface area contributed by atoms with E-state index in [1.807, 2.05) is 12.1 Å². The van der Waals surface area contributed by atoms with Gasteiger partial charge in [-0.1, -0.05) is 50.2 Å². The van der Waals surface area contributed by atoms with E-state index in [9.17, 15) is 9.90 Å². The minimum atomic E-state index is -0.746. The average molecular weight is 367 g/mol. The van der Waals surface area contributed by atoms with Crippen molar-refractivity contribution in [1.82, 2.24) is 4.90 Å². The van der Waals surface area contributed by atoms with Crippen molar-refractivity contribution in [3.05, 3.63) is 64.7 Å². The van der Waals surface area contributed by atoms with Gasteiger partial charge in [0.1, 0.15) is 11.9 Å². The molecule has 4 heteroatoms. The van der Waals surface area contributed by atoms with Gasteiger partial charge in [-0.15, -0.1) is 0 Å². The van der Waals surface area contributed by atoms with Gasteiger partial charge in [-0.3, -0.25) is 9.69 Å². The fourth-order valence-electron chi connectivity index (χ4n) is 3.60. The molecule has 2 aromatic carbocycles. The number of aliphatic carboxylic acids is 1. The van der Waals surface area contributed by atoms with Crippen LogP contribution in [-0.2, 0) is 24.3 Å². The van der Waals surface area contributed by atoms with Crippen molar-refractivity contribution in [2.24, 2.45) is 5.92 Å². The number of para-hydroxylation sites is 1. The Balaban J connectivity index is 1.80. The van der Waals surface area contributed by atoms with Crippen LogP contribution in [0.15, 0.2) is 42.5 Å². The molecule has 0 aromatic heterocycles. The molecule has 0 radical (unpaired) electrons. The number of hydrogen-bond donors (Lipinski definition) is 1. The molecular formula is C23H29NO3. The second-order valence-corrected chi connectivity index (χ2v) is 7.63. The van der Waals surface area contributed by atoms with Crippen molar-refractivity contribution < 1.29 is 14.6 Å². The third-order valence-electron chi connectivity index (χ3n) is 5.35. The zero-order chi connectivity index (χ0) is 19.4. The predicted molar refractivity (Wildman–Crippen MR) is 107 cm³/mol. The van der Waals surface area contributed by atoms with Crippen molar-refractivity contribution in [2.45, 2.75) is 52.8 Å². The minimum Gasteiger partial charge on any atom is -0.489 e. The van der Waals surface area contributed by atoms with Gasteiger partial charge in [0.15, 0.2) is 0 Å². The second-order valence-electron chi connectivity index (χ2n) is 7.63. The molecule has 0 saturated carbocycles.